The molecule has 3 aromatic rings. The molecule has 0 spiro atoms. The number of thioether (sulfide) groups is 1. The third kappa shape index (κ3) is 4.87. The van der Waals surface area contributed by atoms with E-state index in [1.165, 1.54) is 11.3 Å². The molecule has 8 heteroatoms. The maximum absolute atomic E-state index is 13.6. The highest BCUT2D eigenvalue weighted by Gasteiger charge is 2.28. The van der Waals surface area contributed by atoms with Crippen molar-refractivity contribution in [2.45, 2.75) is 42.9 Å². The Morgan fingerprint density at radius 1 is 1.19 bits per heavy atom. The number of fused-ring (bicyclic) bond motifs is 1. The van der Waals surface area contributed by atoms with E-state index in [4.69, 9.17) is 19.2 Å². The summed E-state index contributed by atoms with van der Waals surface area (Å²) in [6.07, 6.45) is 1.95. The number of hydrogen-bond acceptors (Lipinski definition) is 7. The van der Waals surface area contributed by atoms with E-state index in [1.807, 2.05) is 36.4 Å². The Bertz CT molecular complexity index is 1030. The number of nitrogens with zero attached hydrogens (tertiary/aromatic N) is 2. The van der Waals surface area contributed by atoms with Crippen molar-refractivity contribution >= 4 is 44.4 Å². The number of methoxy groups -OCH3 is 2. The van der Waals surface area contributed by atoms with Crippen LogP contribution in [-0.4, -0.2) is 49.6 Å². The molecule has 4 rings (SSSR count). The van der Waals surface area contributed by atoms with Gasteiger partial charge in [0, 0.05) is 22.3 Å². The SMILES string of the molecule is COc1ccc(OC)c2sc(N(CC3CCCO3)C(=O)c3ccc(SC(C)C)cc3)nc12. The van der Waals surface area contributed by atoms with Gasteiger partial charge in [-0.15, -0.1) is 11.8 Å². The van der Waals surface area contributed by atoms with E-state index < -0.39 is 0 Å². The van der Waals surface area contributed by atoms with Crippen LogP contribution < -0.4 is 14.4 Å². The van der Waals surface area contributed by atoms with Crippen LogP contribution in [-0.2, 0) is 4.74 Å². The zero-order valence-corrected chi connectivity index (χ0v) is 20.4. The number of aromatic nitrogens is 1. The normalized spacial score (nSPS) is 16.0. The minimum Gasteiger partial charge on any atom is -0.495 e. The molecule has 2 heterocycles. The Morgan fingerprint density at radius 3 is 2.53 bits per heavy atom. The van der Waals surface area contributed by atoms with Crippen molar-refractivity contribution in [1.82, 2.24) is 4.98 Å². The molecule has 0 aliphatic carbocycles. The first-order valence-electron chi connectivity index (χ1n) is 10.7. The molecule has 1 aliphatic rings. The molecule has 0 radical (unpaired) electrons. The highest BCUT2D eigenvalue weighted by Crippen LogP contribution is 2.40. The van der Waals surface area contributed by atoms with E-state index in [2.05, 4.69) is 13.8 Å². The number of carbonyl (C=O) groups excluding carboxylic acids is 1. The zero-order chi connectivity index (χ0) is 22.7. The first-order chi connectivity index (χ1) is 15.5. The van der Waals surface area contributed by atoms with Crippen LogP contribution in [0.3, 0.4) is 0 Å². The number of hydrogen-bond donors (Lipinski definition) is 0. The average Bonchev–Trinajstić information content (AvgIpc) is 3.46. The lowest BCUT2D eigenvalue weighted by Crippen LogP contribution is -2.37. The molecule has 1 amide bonds. The van der Waals surface area contributed by atoms with Crippen LogP contribution in [0.4, 0.5) is 5.13 Å². The molecule has 2 aromatic carbocycles. The third-order valence-electron chi connectivity index (χ3n) is 5.26. The van der Waals surface area contributed by atoms with Crippen LogP contribution in [0.1, 0.15) is 37.0 Å². The van der Waals surface area contributed by atoms with Gasteiger partial charge in [-0.2, -0.15) is 0 Å². The average molecular weight is 473 g/mol. The summed E-state index contributed by atoms with van der Waals surface area (Å²) in [5.41, 5.74) is 1.33. The zero-order valence-electron chi connectivity index (χ0n) is 18.8. The molecule has 1 aromatic heterocycles. The van der Waals surface area contributed by atoms with Crippen LogP contribution in [0.15, 0.2) is 41.3 Å². The van der Waals surface area contributed by atoms with Gasteiger partial charge >= 0.3 is 0 Å². The lowest BCUT2D eigenvalue weighted by atomic mass is 10.2. The second kappa shape index (κ2) is 10.1. The fraction of sp³-hybridized carbons (Fsp3) is 0.417. The molecule has 0 bridgehead atoms. The first kappa shape index (κ1) is 22.9. The summed E-state index contributed by atoms with van der Waals surface area (Å²) in [5.74, 6) is 1.28. The van der Waals surface area contributed by atoms with Crippen molar-refractivity contribution < 1.29 is 19.0 Å². The van der Waals surface area contributed by atoms with Crippen LogP contribution in [0, 0.1) is 0 Å². The van der Waals surface area contributed by atoms with Gasteiger partial charge in [0.15, 0.2) is 5.13 Å². The van der Waals surface area contributed by atoms with Crippen LogP contribution >= 0.6 is 23.1 Å². The predicted molar refractivity (Wildman–Crippen MR) is 131 cm³/mol. The summed E-state index contributed by atoms with van der Waals surface area (Å²) < 4.78 is 17.7. The number of benzene rings is 2. The van der Waals surface area contributed by atoms with Gasteiger partial charge in [0.05, 0.1) is 26.9 Å². The van der Waals surface area contributed by atoms with Gasteiger partial charge < -0.3 is 14.2 Å². The Kier molecular flexibility index (Phi) is 7.23. The first-order valence-corrected chi connectivity index (χ1v) is 12.4. The fourth-order valence-electron chi connectivity index (χ4n) is 3.73. The van der Waals surface area contributed by atoms with E-state index >= 15 is 0 Å². The molecule has 32 heavy (non-hydrogen) atoms. The standard InChI is InChI=1S/C24H28N2O4S2/c1-15(2)31-18-9-7-16(8-10-18)23(27)26(14-17-6-5-13-30-17)24-25-21-19(28-3)11-12-20(29-4)22(21)32-24/h7-12,15,17H,5-6,13-14H2,1-4H3. The Balaban J connectivity index is 1.71. The quantitative estimate of drug-likeness (QED) is 0.396. The number of rotatable bonds is 8. The van der Waals surface area contributed by atoms with Gasteiger partial charge in [0.1, 0.15) is 21.7 Å². The summed E-state index contributed by atoms with van der Waals surface area (Å²) in [6.45, 7) is 5.51. The lowest BCUT2D eigenvalue weighted by molar-refractivity contribution is 0.0917. The summed E-state index contributed by atoms with van der Waals surface area (Å²) in [4.78, 5) is 21.3. The molecule has 1 fully saturated rings. The molecule has 0 N–H and O–H groups in total. The Hall–Kier alpha value is -2.29. The van der Waals surface area contributed by atoms with Gasteiger partial charge in [0.25, 0.3) is 5.91 Å². The molecule has 1 unspecified atom stereocenters. The van der Waals surface area contributed by atoms with Crippen molar-refractivity contribution in [2.75, 3.05) is 32.3 Å². The molecular formula is C24H28N2O4S2. The molecular weight excluding hydrogens is 444 g/mol. The molecule has 170 valence electrons. The molecule has 1 atom stereocenters. The maximum atomic E-state index is 13.6. The summed E-state index contributed by atoms with van der Waals surface area (Å²) in [5, 5.41) is 1.10. The minimum atomic E-state index is -0.0846. The van der Waals surface area contributed by atoms with Crippen molar-refractivity contribution in [2.24, 2.45) is 0 Å². The second-order valence-corrected chi connectivity index (χ2v) is 10.5. The highest BCUT2D eigenvalue weighted by molar-refractivity contribution is 7.99. The number of amides is 1. The number of thiazole rings is 1. The smallest absolute Gasteiger partial charge is 0.260 e. The van der Waals surface area contributed by atoms with E-state index in [9.17, 15) is 4.79 Å². The number of carbonyl (C=O) groups is 1. The van der Waals surface area contributed by atoms with Gasteiger partial charge in [0.2, 0.25) is 0 Å². The summed E-state index contributed by atoms with van der Waals surface area (Å²) >= 11 is 3.21. The lowest BCUT2D eigenvalue weighted by Gasteiger charge is -2.23. The van der Waals surface area contributed by atoms with E-state index in [0.29, 0.717) is 39.5 Å². The topological polar surface area (TPSA) is 60.9 Å². The predicted octanol–water partition coefficient (Wildman–Crippen LogP) is 5.64. The monoisotopic (exact) mass is 472 g/mol. The minimum absolute atomic E-state index is 0.00511. The van der Waals surface area contributed by atoms with Crippen molar-refractivity contribution in [3.63, 3.8) is 0 Å². The van der Waals surface area contributed by atoms with E-state index in [1.54, 1.807) is 30.9 Å². The number of ether oxygens (including phenoxy) is 3. The molecule has 1 aliphatic heterocycles. The Labute approximate surface area is 196 Å². The highest BCUT2D eigenvalue weighted by atomic mass is 32.2. The molecule has 0 saturated carbocycles. The van der Waals surface area contributed by atoms with Crippen molar-refractivity contribution in [3.05, 3.63) is 42.0 Å². The third-order valence-corrected chi connectivity index (χ3v) is 7.37. The second-order valence-electron chi connectivity index (χ2n) is 7.89. The van der Waals surface area contributed by atoms with E-state index in [-0.39, 0.29) is 12.0 Å². The number of anilines is 1. The van der Waals surface area contributed by atoms with Crippen molar-refractivity contribution in [3.8, 4) is 11.5 Å². The van der Waals surface area contributed by atoms with Crippen LogP contribution in [0.5, 0.6) is 11.5 Å². The van der Waals surface area contributed by atoms with Crippen LogP contribution in [0.2, 0.25) is 0 Å². The van der Waals surface area contributed by atoms with Crippen molar-refractivity contribution in [1.29, 1.82) is 0 Å². The van der Waals surface area contributed by atoms with Gasteiger partial charge in [-0.25, -0.2) is 4.98 Å². The summed E-state index contributed by atoms with van der Waals surface area (Å²) in [7, 11) is 3.25. The van der Waals surface area contributed by atoms with Gasteiger partial charge in [-0.1, -0.05) is 25.2 Å². The molecule has 1 saturated heterocycles. The fourth-order valence-corrected chi connectivity index (χ4v) is 5.65. The van der Waals surface area contributed by atoms with Gasteiger partial charge in [-0.3, -0.25) is 9.69 Å². The Morgan fingerprint density at radius 2 is 1.91 bits per heavy atom. The molecule has 6 nitrogen and oxygen atoms in total. The largest absolute Gasteiger partial charge is 0.495 e. The van der Waals surface area contributed by atoms with Gasteiger partial charge in [-0.05, 0) is 49.2 Å². The summed E-state index contributed by atoms with van der Waals surface area (Å²) in [6, 6.07) is 11.5. The maximum Gasteiger partial charge on any atom is 0.260 e. The van der Waals surface area contributed by atoms with Crippen LogP contribution in [0.25, 0.3) is 10.2 Å². The van der Waals surface area contributed by atoms with E-state index in [0.717, 1.165) is 29.0 Å².